The Hall–Kier alpha value is -3.74. The highest BCUT2D eigenvalue weighted by molar-refractivity contribution is 6.36. The van der Waals surface area contributed by atoms with Crippen molar-refractivity contribution >= 4 is 23.1 Å². The molecule has 1 N–H and O–H groups in total. The molecule has 0 fully saturated rings. The van der Waals surface area contributed by atoms with E-state index in [0.29, 0.717) is 34.1 Å². The quantitative estimate of drug-likeness (QED) is 0.516. The van der Waals surface area contributed by atoms with Crippen LogP contribution in [0.1, 0.15) is 16.7 Å². The van der Waals surface area contributed by atoms with E-state index < -0.39 is 5.91 Å². The van der Waals surface area contributed by atoms with E-state index >= 15 is 0 Å². The monoisotopic (exact) mass is 422 g/mol. The summed E-state index contributed by atoms with van der Waals surface area (Å²) in [5.41, 5.74) is 3.70. The zero-order chi connectivity index (χ0) is 22.7. The van der Waals surface area contributed by atoms with E-state index in [1.54, 1.807) is 12.1 Å². The maximum atomic E-state index is 13.2. The summed E-state index contributed by atoms with van der Waals surface area (Å²) in [6.45, 7) is 7.67. The molecule has 1 aliphatic rings. The Morgan fingerprint density at radius 1 is 0.968 bits per heavy atom. The van der Waals surface area contributed by atoms with Crippen LogP contribution in [0.4, 0.5) is 5.69 Å². The number of carbonyl (C=O) groups is 2. The number of rotatable bonds is 8. The van der Waals surface area contributed by atoms with E-state index in [1.807, 2.05) is 32.0 Å². The fourth-order valence-corrected chi connectivity index (χ4v) is 3.63. The molecule has 7 nitrogen and oxygen atoms in total. The molecule has 0 saturated heterocycles. The highest BCUT2D eigenvalue weighted by Gasteiger charge is 2.39. The third-order valence-corrected chi connectivity index (χ3v) is 5.07. The molecule has 0 bridgehead atoms. The number of benzene rings is 2. The third kappa shape index (κ3) is 3.99. The van der Waals surface area contributed by atoms with Crippen molar-refractivity contribution in [2.75, 3.05) is 33.2 Å². The van der Waals surface area contributed by atoms with Gasteiger partial charge in [-0.15, -0.1) is 6.58 Å². The number of nitrogens with one attached hydrogen (secondary N) is 1. The lowest BCUT2D eigenvalue weighted by atomic mass is 9.97. The summed E-state index contributed by atoms with van der Waals surface area (Å²) < 4.78 is 16.2. The van der Waals surface area contributed by atoms with Crippen LogP contribution >= 0.6 is 0 Å². The molecule has 162 valence electrons. The van der Waals surface area contributed by atoms with Crippen molar-refractivity contribution in [2.24, 2.45) is 0 Å². The molecule has 1 aliphatic heterocycles. The normalized spacial score (nSPS) is 13.5. The average Bonchev–Trinajstić information content (AvgIpc) is 2.97. The van der Waals surface area contributed by atoms with E-state index in [4.69, 9.17) is 14.2 Å². The highest BCUT2D eigenvalue weighted by atomic mass is 16.5. The number of methoxy groups -OCH3 is 3. The SMILES string of the molecule is C=CCN1C(=O)C(Nc2cc(OC)c(OC)c(OC)c2)=C(c2ccc(C)cc2C)C1=O. The summed E-state index contributed by atoms with van der Waals surface area (Å²) in [4.78, 5) is 27.5. The lowest BCUT2D eigenvalue weighted by Crippen LogP contribution is -2.32. The summed E-state index contributed by atoms with van der Waals surface area (Å²) >= 11 is 0. The predicted molar refractivity (Wildman–Crippen MR) is 119 cm³/mol. The Bertz CT molecular complexity index is 1060. The van der Waals surface area contributed by atoms with Crippen molar-refractivity contribution < 1.29 is 23.8 Å². The summed E-state index contributed by atoms with van der Waals surface area (Å²) in [6, 6.07) is 9.12. The number of hydrogen-bond acceptors (Lipinski definition) is 6. The lowest BCUT2D eigenvalue weighted by molar-refractivity contribution is -0.136. The van der Waals surface area contributed by atoms with Gasteiger partial charge in [0.25, 0.3) is 11.8 Å². The average molecular weight is 422 g/mol. The molecule has 0 atom stereocenters. The molecule has 2 aromatic rings. The van der Waals surface area contributed by atoms with E-state index in [-0.39, 0.29) is 18.1 Å². The number of imide groups is 1. The van der Waals surface area contributed by atoms with Gasteiger partial charge in [0.15, 0.2) is 11.5 Å². The summed E-state index contributed by atoms with van der Waals surface area (Å²) in [5.74, 6) is 0.497. The molecule has 1 heterocycles. The number of anilines is 1. The highest BCUT2D eigenvalue weighted by Crippen LogP contribution is 2.41. The number of aryl methyl sites for hydroxylation is 2. The van der Waals surface area contributed by atoms with Gasteiger partial charge in [0.1, 0.15) is 5.70 Å². The van der Waals surface area contributed by atoms with Crippen molar-refractivity contribution in [3.05, 3.63) is 65.4 Å². The second-order valence-electron chi connectivity index (χ2n) is 7.12. The van der Waals surface area contributed by atoms with Crippen molar-refractivity contribution in [2.45, 2.75) is 13.8 Å². The smallest absolute Gasteiger partial charge is 0.278 e. The minimum Gasteiger partial charge on any atom is -0.493 e. The first-order valence-electron chi connectivity index (χ1n) is 9.72. The Morgan fingerprint density at radius 2 is 1.61 bits per heavy atom. The number of ether oxygens (including phenoxy) is 3. The minimum atomic E-state index is -0.423. The molecule has 0 aromatic heterocycles. The predicted octanol–water partition coefficient (Wildman–Crippen LogP) is 3.71. The lowest BCUT2D eigenvalue weighted by Gasteiger charge is -2.16. The van der Waals surface area contributed by atoms with E-state index in [0.717, 1.165) is 11.1 Å². The van der Waals surface area contributed by atoms with Gasteiger partial charge in [-0.05, 0) is 25.0 Å². The zero-order valence-electron chi connectivity index (χ0n) is 18.4. The van der Waals surface area contributed by atoms with Crippen LogP contribution in [0.25, 0.3) is 5.57 Å². The molecule has 0 spiro atoms. The topological polar surface area (TPSA) is 77.1 Å². The van der Waals surface area contributed by atoms with Crippen LogP contribution in [0.2, 0.25) is 0 Å². The Balaban J connectivity index is 2.16. The van der Waals surface area contributed by atoms with Crippen molar-refractivity contribution in [3.63, 3.8) is 0 Å². The first-order chi connectivity index (χ1) is 14.9. The molecule has 2 amide bonds. The van der Waals surface area contributed by atoms with Gasteiger partial charge >= 0.3 is 0 Å². The largest absolute Gasteiger partial charge is 0.493 e. The van der Waals surface area contributed by atoms with Crippen molar-refractivity contribution in [1.82, 2.24) is 4.90 Å². The molecule has 7 heteroatoms. The first-order valence-corrected chi connectivity index (χ1v) is 9.72. The maximum Gasteiger partial charge on any atom is 0.278 e. The number of amides is 2. The third-order valence-electron chi connectivity index (χ3n) is 5.07. The standard InChI is InChI=1S/C24H26N2O5/c1-7-10-26-23(27)20(17-9-8-14(2)11-15(17)3)21(24(26)28)25-16-12-18(29-4)22(31-6)19(13-16)30-5/h7-9,11-13,25H,1,10H2,2-6H3. The molecular weight excluding hydrogens is 396 g/mol. The fourth-order valence-electron chi connectivity index (χ4n) is 3.63. The van der Waals surface area contributed by atoms with Crippen molar-refractivity contribution in [1.29, 1.82) is 0 Å². The van der Waals surface area contributed by atoms with Gasteiger partial charge in [-0.1, -0.05) is 29.8 Å². The Labute approximate surface area is 181 Å². The van der Waals surface area contributed by atoms with Crippen LogP contribution in [0, 0.1) is 13.8 Å². The van der Waals surface area contributed by atoms with Gasteiger partial charge in [-0.25, -0.2) is 0 Å². The number of carbonyl (C=O) groups excluding carboxylic acids is 2. The van der Waals surface area contributed by atoms with Crippen LogP contribution in [-0.4, -0.2) is 44.6 Å². The summed E-state index contributed by atoms with van der Waals surface area (Å²) in [6.07, 6.45) is 1.53. The Kier molecular flexibility index (Phi) is 6.34. The molecule has 0 aliphatic carbocycles. The number of hydrogen-bond donors (Lipinski definition) is 1. The molecule has 0 saturated carbocycles. The van der Waals surface area contributed by atoms with E-state index in [9.17, 15) is 9.59 Å². The summed E-state index contributed by atoms with van der Waals surface area (Å²) in [5, 5.41) is 3.12. The molecule has 3 rings (SSSR count). The van der Waals surface area contributed by atoms with Gasteiger partial charge in [0, 0.05) is 24.4 Å². The second kappa shape index (κ2) is 8.95. The van der Waals surface area contributed by atoms with Crippen LogP contribution < -0.4 is 19.5 Å². The van der Waals surface area contributed by atoms with Gasteiger partial charge in [0.05, 0.1) is 26.9 Å². The Morgan fingerprint density at radius 3 is 2.13 bits per heavy atom. The van der Waals surface area contributed by atoms with Crippen LogP contribution in [0.3, 0.4) is 0 Å². The van der Waals surface area contributed by atoms with Gasteiger partial charge in [-0.2, -0.15) is 0 Å². The first kappa shape index (κ1) is 22.0. The van der Waals surface area contributed by atoms with Crippen molar-refractivity contribution in [3.8, 4) is 17.2 Å². The zero-order valence-corrected chi connectivity index (χ0v) is 18.4. The van der Waals surface area contributed by atoms with Gasteiger partial charge in [0.2, 0.25) is 5.75 Å². The maximum absolute atomic E-state index is 13.2. The van der Waals surface area contributed by atoms with Crippen LogP contribution in [0.5, 0.6) is 17.2 Å². The van der Waals surface area contributed by atoms with Crippen LogP contribution in [0.15, 0.2) is 48.7 Å². The number of nitrogens with zero attached hydrogens (tertiary/aromatic N) is 1. The molecular formula is C24H26N2O5. The molecule has 31 heavy (non-hydrogen) atoms. The molecule has 0 radical (unpaired) electrons. The van der Waals surface area contributed by atoms with E-state index in [2.05, 4.69) is 11.9 Å². The van der Waals surface area contributed by atoms with Gasteiger partial charge < -0.3 is 19.5 Å². The van der Waals surface area contributed by atoms with Gasteiger partial charge in [-0.3, -0.25) is 14.5 Å². The molecule has 2 aromatic carbocycles. The second-order valence-corrected chi connectivity index (χ2v) is 7.12. The minimum absolute atomic E-state index is 0.118. The van der Waals surface area contributed by atoms with Crippen LogP contribution in [-0.2, 0) is 9.59 Å². The molecule has 0 unspecified atom stereocenters. The van der Waals surface area contributed by atoms with E-state index in [1.165, 1.54) is 32.3 Å². The fraction of sp³-hybridized carbons (Fsp3) is 0.250. The summed E-state index contributed by atoms with van der Waals surface area (Å²) in [7, 11) is 4.54.